The molecule has 0 fully saturated rings. The molecule has 10 nitrogen and oxygen atoms in total. The van der Waals surface area contributed by atoms with E-state index in [-0.39, 0.29) is 19.4 Å². The Bertz CT molecular complexity index is 815. The van der Waals surface area contributed by atoms with E-state index in [9.17, 15) is 33.4 Å². The largest absolute Gasteiger partial charge is 0.480 e. The number of ether oxygens (including phenoxy) is 1. The Morgan fingerprint density at radius 3 is 2.19 bits per heavy atom. The molecule has 12 heteroatoms. The van der Waals surface area contributed by atoms with Crippen molar-refractivity contribution in [2.45, 2.75) is 37.4 Å². The molecule has 0 saturated carbocycles. The molecule has 0 amide bonds. The summed E-state index contributed by atoms with van der Waals surface area (Å²) >= 11 is -2.09. The summed E-state index contributed by atoms with van der Waals surface area (Å²) in [7, 11) is 0. The van der Waals surface area contributed by atoms with Crippen molar-refractivity contribution in [2.24, 2.45) is 0 Å². The van der Waals surface area contributed by atoms with Crippen LogP contribution in [0.5, 0.6) is 5.75 Å². The third kappa shape index (κ3) is 7.73. The average molecular weight is 475 g/mol. The Hall–Kier alpha value is -2.28. The Morgan fingerprint density at radius 2 is 1.74 bits per heavy atom. The quantitative estimate of drug-likeness (QED) is 0.104. The van der Waals surface area contributed by atoms with Gasteiger partial charge in [-0.05, 0) is 48.9 Å². The fraction of sp³-hybridized carbons (Fsp3) is 0.474. The number of carboxylic acid groups (broad SMARTS) is 2. The smallest absolute Gasteiger partial charge is 0.332 e. The van der Waals surface area contributed by atoms with Crippen LogP contribution in [0.2, 0.25) is 0 Å². The fourth-order valence-electron chi connectivity index (χ4n) is 2.63. The summed E-state index contributed by atoms with van der Waals surface area (Å²) in [6.45, 7) is 1.07. The van der Waals surface area contributed by atoms with E-state index in [1.165, 1.54) is 6.26 Å². The molecule has 0 aliphatic carbocycles. The second-order valence-electron chi connectivity index (χ2n) is 6.57. The summed E-state index contributed by atoms with van der Waals surface area (Å²) in [5.74, 6) is -3.60. The molecule has 0 radical (unpaired) electrons. The van der Waals surface area contributed by atoms with Gasteiger partial charge in [-0.3, -0.25) is 18.9 Å². The lowest BCUT2D eigenvalue weighted by molar-refractivity contribution is -0.152. The third-order valence-corrected chi connectivity index (χ3v) is 6.31. The summed E-state index contributed by atoms with van der Waals surface area (Å²) < 4.78 is 24.6. The molecule has 1 aromatic rings. The van der Waals surface area contributed by atoms with Crippen LogP contribution in [0.25, 0.3) is 0 Å². The zero-order valence-corrected chi connectivity index (χ0v) is 18.8. The van der Waals surface area contributed by atoms with Gasteiger partial charge in [0.2, 0.25) is 16.0 Å². The van der Waals surface area contributed by atoms with Gasteiger partial charge in [-0.1, -0.05) is 13.3 Å². The van der Waals surface area contributed by atoms with Crippen LogP contribution in [-0.2, 0) is 25.7 Å². The Morgan fingerprint density at radius 1 is 1.16 bits per heavy atom. The van der Waals surface area contributed by atoms with E-state index in [1.54, 1.807) is 24.3 Å². The second kappa shape index (κ2) is 12.5. The molecular formula is C19H26N2O8S2. The predicted octanol–water partition coefficient (Wildman–Crippen LogP) is 2.25. The maximum atomic E-state index is 12.0. The average Bonchev–Trinajstić information content (AvgIpc) is 2.70. The molecule has 0 aliphatic heterocycles. The second-order valence-corrected chi connectivity index (χ2v) is 8.65. The van der Waals surface area contributed by atoms with Crippen LogP contribution in [0, 0.1) is 5.41 Å². The van der Waals surface area contributed by atoms with E-state index in [0.29, 0.717) is 29.6 Å². The van der Waals surface area contributed by atoms with Crippen molar-refractivity contribution in [3.63, 3.8) is 0 Å². The molecule has 0 aromatic heterocycles. The normalized spacial score (nSPS) is 12.4. The third-order valence-electron chi connectivity index (χ3n) is 4.38. The van der Waals surface area contributed by atoms with Crippen LogP contribution in [0.3, 0.4) is 0 Å². The minimum Gasteiger partial charge on any atom is -0.480 e. The van der Waals surface area contributed by atoms with Gasteiger partial charge < -0.3 is 20.4 Å². The highest BCUT2D eigenvalue weighted by Gasteiger charge is 2.48. The Balaban J connectivity index is 2.65. The van der Waals surface area contributed by atoms with Crippen molar-refractivity contribution < 1.29 is 38.1 Å². The number of rotatable bonds is 14. The van der Waals surface area contributed by atoms with Gasteiger partial charge in [0.05, 0.1) is 0 Å². The number of benzene rings is 1. The van der Waals surface area contributed by atoms with Crippen molar-refractivity contribution in [3.8, 4) is 5.75 Å². The van der Waals surface area contributed by atoms with Gasteiger partial charge in [0.15, 0.2) is 0 Å². The van der Waals surface area contributed by atoms with E-state index in [0.717, 1.165) is 16.3 Å². The first kappa shape index (κ1) is 26.8. The lowest BCUT2D eigenvalue weighted by atomic mass is 10.1. The summed E-state index contributed by atoms with van der Waals surface area (Å²) in [5.41, 5.74) is 1.22. The molecule has 1 rings (SSSR count). The Kier molecular flexibility index (Phi) is 10.8. The number of nitrogens with one attached hydrogen (secondary N) is 1. The molecule has 0 bridgehead atoms. The number of carbonyl (C=O) groups excluding carboxylic acids is 1. The predicted molar refractivity (Wildman–Crippen MR) is 117 cm³/mol. The molecule has 1 unspecified atom stereocenters. The molecule has 0 spiro atoms. The first-order valence-electron chi connectivity index (χ1n) is 9.33. The number of hydrogen-bond donors (Lipinski definition) is 4. The van der Waals surface area contributed by atoms with Crippen LogP contribution < -0.4 is 4.74 Å². The summed E-state index contributed by atoms with van der Waals surface area (Å²) in [6, 6.07) is 6.49. The van der Waals surface area contributed by atoms with E-state index in [4.69, 9.17) is 10.1 Å². The van der Waals surface area contributed by atoms with Gasteiger partial charge >= 0.3 is 17.9 Å². The molecule has 0 aliphatic rings. The summed E-state index contributed by atoms with van der Waals surface area (Å²) in [4.78, 5) is 34.9. The SMILES string of the molecule is CCCC(=N)c1ccc(OC(=O)CCCN(CC(SC)(C(=O)O)C(=O)O)S(=O)O)cc1. The molecule has 1 aromatic carbocycles. The van der Waals surface area contributed by atoms with Crippen LogP contribution in [0.4, 0.5) is 0 Å². The monoisotopic (exact) mass is 474 g/mol. The van der Waals surface area contributed by atoms with Crippen LogP contribution >= 0.6 is 11.8 Å². The van der Waals surface area contributed by atoms with Gasteiger partial charge in [-0.25, -0.2) is 4.21 Å². The van der Waals surface area contributed by atoms with E-state index in [2.05, 4.69) is 0 Å². The summed E-state index contributed by atoms with van der Waals surface area (Å²) in [6.07, 6.45) is 2.69. The van der Waals surface area contributed by atoms with Gasteiger partial charge in [0.25, 0.3) is 0 Å². The molecular weight excluding hydrogens is 448 g/mol. The van der Waals surface area contributed by atoms with Crippen LogP contribution in [0.1, 0.15) is 38.2 Å². The van der Waals surface area contributed by atoms with Crippen LogP contribution in [0.15, 0.2) is 24.3 Å². The van der Waals surface area contributed by atoms with Crippen LogP contribution in [-0.4, -0.2) is 71.0 Å². The van der Waals surface area contributed by atoms with Gasteiger partial charge in [0.1, 0.15) is 5.75 Å². The maximum Gasteiger partial charge on any atom is 0.332 e. The highest BCUT2D eigenvalue weighted by molar-refractivity contribution is 8.01. The number of aliphatic carboxylic acids is 2. The topological polar surface area (TPSA) is 165 Å². The van der Waals surface area contributed by atoms with Crippen molar-refractivity contribution in [2.75, 3.05) is 19.3 Å². The number of carboxylic acids is 2. The number of hydrogen-bond acceptors (Lipinski definition) is 7. The molecule has 4 N–H and O–H groups in total. The molecule has 0 heterocycles. The first-order valence-corrected chi connectivity index (χ1v) is 11.6. The maximum absolute atomic E-state index is 12.0. The van der Waals surface area contributed by atoms with Crippen molar-refractivity contribution in [1.29, 1.82) is 5.41 Å². The van der Waals surface area contributed by atoms with Crippen molar-refractivity contribution >= 4 is 46.6 Å². The molecule has 1 atom stereocenters. The lowest BCUT2D eigenvalue weighted by Gasteiger charge is -2.28. The number of thioether (sulfide) groups is 1. The van der Waals surface area contributed by atoms with E-state index >= 15 is 0 Å². The standard InChI is InChI=1S/C19H26N2O8S2/c1-3-5-15(20)13-7-9-14(10-8-13)29-16(22)6-4-11-21(31(27)28)12-19(30-2,17(23)24)18(25)26/h7-10,20H,3-6,11-12H2,1-2H3,(H,23,24)(H,25,26)(H,27,28). The molecule has 172 valence electrons. The van der Waals surface area contributed by atoms with Gasteiger partial charge in [0, 0.05) is 25.2 Å². The number of carbonyl (C=O) groups is 3. The van der Waals surface area contributed by atoms with Crippen molar-refractivity contribution in [1.82, 2.24) is 4.31 Å². The minimum atomic E-state index is -2.63. The van der Waals surface area contributed by atoms with Crippen molar-refractivity contribution in [3.05, 3.63) is 29.8 Å². The Labute approximate surface area is 186 Å². The van der Waals surface area contributed by atoms with E-state index in [1.807, 2.05) is 6.92 Å². The van der Waals surface area contributed by atoms with Gasteiger partial charge in [-0.2, -0.15) is 4.31 Å². The summed E-state index contributed by atoms with van der Waals surface area (Å²) in [5, 5.41) is 26.5. The fourth-order valence-corrected chi connectivity index (χ4v) is 3.93. The lowest BCUT2D eigenvalue weighted by Crippen LogP contribution is -2.52. The minimum absolute atomic E-state index is 0.0497. The first-order chi connectivity index (χ1) is 14.6. The van der Waals surface area contributed by atoms with E-state index < -0.39 is 40.5 Å². The van der Waals surface area contributed by atoms with Gasteiger partial charge in [-0.15, -0.1) is 11.8 Å². The molecule has 31 heavy (non-hydrogen) atoms. The zero-order chi connectivity index (χ0) is 23.6. The molecule has 0 saturated heterocycles. The number of nitrogens with zero attached hydrogens (tertiary/aromatic N) is 1. The zero-order valence-electron chi connectivity index (χ0n) is 17.2. The highest BCUT2D eigenvalue weighted by atomic mass is 32.2. The number of esters is 1. The highest BCUT2D eigenvalue weighted by Crippen LogP contribution is 2.26.